The molecule has 2 aromatic carbocycles. The molecule has 4 rings (SSSR count). The van der Waals surface area contributed by atoms with Crippen molar-refractivity contribution in [3.8, 4) is 0 Å². The lowest BCUT2D eigenvalue weighted by molar-refractivity contribution is 0.0586. The van der Waals surface area contributed by atoms with Crippen molar-refractivity contribution in [3.63, 3.8) is 0 Å². The average Bonchev–Trinajstić information content (AvgIpc) is 3.13. The van der Waals surface area contributed by atoms with E-state index in [9.17, 15) is 9.59 Å². The molecule has 31 heavy (non-hydrogen) atoms. The molecular formula is C23H25Cl2N3O2S. The van der Waals surface area contributed by atoms with E-state index in [4.69, 9.17) is 23.2 Å². The Morgan fingerprint density at radius 3 is 2.45 bits per heavy atom. The summed E-state index contributed by atoms with van der Waals surface area (Å²) in [4.78, 5) is 29.6. The molecule has 2 heterocycles. The topological polar surface area (TPSA) is 52.7 Å². The van der Waals surface area contributed by atoms with Crippen LogP contribution in [0.15, 0.2) is 36.4 Å². The van der Waals surface area contributed by atoms with Gasteiger partial charge in [0.15, 0.2) is 0 Å². The van der Waals surface area contributed by atoms with Gasteiger partial charge in [-0.1, -0.05) is 40.9 Å². The minimum Gasteiger partial charge on any atom is -0.324 e. The summed E-state index contributed by atoms with van der Waals surface area (Å²) in [5.41, 5.74) is 3.52. The summed E-state index contributed by atoms with van der Waals surface area (Å²) in [7, 11) is 0. The lowest BCUT2D eigenvalue weighted by Crippen LogP contribution is -2.54. The number of halogens is 2. The molecule has 0 bridgehead atoms. The van der Waals surface area contributed by atoms with Gasteiger partial charge in [-0.25, -0.2) is 4.79 Å². The van der Waals surface area contributed by atoms with Crippen LogP contribution in [0.25, 0.3) is 0 Å². The van der Waals surface area contributed by atoms with E-state index in [0.717, 1.165) is 29.8 Å². The second-order valence-electron chi connectivity index (χ2n) is 8.11. The quantitative estimate of drug-likeness (QED) is 0.592. The normalized spacial score (nSPS) is 17.8. The van der Waals surface area contributed by atoms with Gasteiger partial charge in [-0.3, -0.25) is 4.79 Å². The van der Waals surface area contributed by atoms with Crippen LogP contribution in [0.1, 0.15) is 34.3 Å². The Hall–Kier alpha value is -1.89. The average molecular weight is 478 g/mol. The number of carbonyl (C=O) groups excluding carboxylic acids is 2. The third kappa shape index (κ3) is 4.52. The van der Waals surface area contributed by atoms with Crippen molar-refractivity contribution in [2.75, 3.05) is 30.7 Å². The lowest BCUT2D eigenvalue weighted by atomic mass is 10.0. The number of aryl methyl sites for hydroxylation is 2. The van der Waals surface area contributed by atoms with Crippen LogP contribution in [0.4, 0.5) is 10.5 Å². The highest BCUT2D eigenvalue weighted by molar-refractivity contribution is 8.00. The summed E-state index contributed by atoms with van der Waals surface area (Å²) >= 11 is 14.1. The minimum atomic E-state index is -0.295. The molecular weight excluding hydrogens is 453 g/mol. The van der Waals surface area contributed by atoms with E-state index in [-0.39, 0.29) is 16.8 Å². The molecule has 1 spiro atoms. The highest BCUT2D eigenvalue weighted by Crippen LogP contribution is 2.45. The van der Waals surface area contributed by atoms with Gasteiger partial charge in [-0.15, -0.1) is 11.8 Å². The Balaban J connectivity index is 1.43. The van der Waals surface area contributed by atoms with E-state index in [1.807, 2.05) is 35.8 Å². The molecule has 0 unspecified atom stereocenters. The van der Waals surface area contributed by atoms with Crippen molar-refractivity contribution in [2.24, 2.45) is 0 Å². The molecule has 2 aliphatic heterocycles. The number of rotatable bonds is 2. The van der Waals surface area contributed by atoms with Crippen LogP contribution in [0.3, 0.4) is 0 Å². The zero-order chi connectivity index (χ0) is 22.2. The number of hydrogen-bond acceptors (Lipinski definition) is 3. The summed E-state index contributed by atoms with van der Waals surface area (Å²) in [5.74, 6) is 0.811. The van der Waals surface area contributed by atoms with Crippen molar-refractivity contribution < 1.29 is 9.59 Å². The summed E-state index contributed by atoms with van der Waals surface area (Å²) < 4.78 is 0. The third-order valence-corrected chi connectivity index (χ3v) is 8.14. The summed E-state index contributed by atoms with van der Waals surface area (Å²) in [6, 6.07) is 10.9. The third-order valence-electron chi connectivity index (χ3n) is 6.04. The van der Waals surface area contributed by atoms with Crippen LogP contribution in [-0.4, -0.2) is 52.0 Å². The first-order chi connectivity index (χ1) is 14.8. The Kier molecular flexibility index (Phi) is 6.42. The smallest absolute Gasteiger partial charge is 0.321 e. The zero-order valence-electron chi connectivity index (χ0n) is 17.6. The number of anilines is 1. The summed E-state index contributed by atoms with van der Waals surface area (Å²) in [5, 5.41) is 3.91. The maximum atomic E-state index is 13.3. The number of urea groups is 1. The standard InChI is InChI=1S/C23H25Cl2N3O2S/c1-15-3-6-20(16(2)13-15)26-22(30)27-9-7-23(8-10-27)28(11-12-31-23)21(29)18-5-4-17(24)14-19(18)25/h3-6,13-14H,7-12H2,1-2H3,(H,26,30). The molecule has 164 valence electrons. The molecule has 0 saturated carbocycles. The monoisotopic (exact) mass is 477 g/mol. The van der Waals surface area contributed by atoms with Crippen LogP contribution >= 0.6 is 35.0 Å². The van der Waals surface area contributed by atoms with Crippen molar-refractivity contribution in [1.29, 1.82) is 0 Å². The van der Waals surface area contributed by atoms with Crippen LogP contribution in [0.2, 0.25) is 10.0 Å². The molecule has 5 nitrogen and oxygen atoms in total. The number of likely N-dealkylation sites (tertiary alicyclic amines) is 1. The maximum Gasteiger partial charge on any atom is 0.321 e. The minimum absolute atomic E-state index is 0.0696. The van der Waals surface area contributed by atoms with Crippen molar-refractivity contribution >= 4 is 52.6 Å². The molecule has 8 heteroatoms. The molecule has 0 atom stereocenters. The van der Waals surface area contributed by atoms with Gasteiger partial charge >= 0.3 is 6.03 Å². The fourth-order valence-corrected chi connectivity index (χ4v) is 6.27. The number of nitrogens with zero attached hydrogens (tertiary/aromatic N) is 2. The number of hydrogen-bond donors (Lipinski definition) is 1. The van der Waals surface area contributed by atoms with E-state index in [1.165, 1.54) is 5.56 Å². The van der Waals surface area contributed by atoms with Crippen molar-refractivity contribution in [2.45, 2.75) is 31.6 Å². The van der Waals surface area contributed by atoms with Crippen molar-refractivity contribution in [1.82, 2.24) is 9.80 Å². The SMILES string of the molecule is Cc1ccc(NC(=O)N2CCC3(CC2)SCCN3C(=O)c2ccc(Cl)cc2Cl)c(C)c1. The van der Waals surface area contributed by atoms with Gasteiger partial charge in [0, 0.05) is 36.1 Å². The van der Waals surface area contributed by atoms with Crippen LogP contribution in [0.5, 0.6) is 0 Å². The molecule has 2 fully saturated rings. The molecule has 0 radical (unpaired) electrons. The van der Waals surface area contributed by atoms with Gasteiger partial charge in [0.25, 0.3) is 5.91 Å². The number of nitrogens with one attached hydrogen (secondary N) is 1. The number of amides is 3. The van der Waals surface area contributed by atoms with Gasteiger partial charge in [0.1, 0.15) is 0 Å². The number of thioether (sulfide) groups is 1. The molecule has 1 N–H and O–H groups in total. The highest BCUT2D eigenvalue weighted by atomic mass is 35.5. The van der Waals surface area contributed by atoms with Crippen LogP contribution in [0, 0.1) is 13.8 Å². The lowest BCUT2D eigenvalue weighted by Gasteiger charge is -2.44. The van der Waals surface area contributed by atoms with E-state index in [1.54, 1.807) is 30.0 Å². The van der Waals surface area contributed by atoms with Crippen molar-refractivity contribution in [3.05, 3.63) is 63.1 Å². The van der Waals surface area contributed by atoms with Gasteiger partial charge < -0.3 is 15.1 Å². The molecule has 0 aromatic heterocycles. The van der Waals surface area contributed by atoms with Gasteiger partial charge in [0.05, 0.1) is 15.5 Å². The molecule has 0 aliphatic carbocycles. The largest absolute Gasteiger partial charge is 0.324 e. The molecule has 2 aliphatic rings. The predicted molar refractivity (Wildman–Crippen MR) is 128 cm³/mol. The Bertz CT molecular complexity index is 1020. The Morgan fingerprint density at radius 2 is 1.77 bits per heavy atom. The van der Waals surface area contributed by atoms with Crippen LogP contribution < -0.4 is 5.32 Å². The van der Waals surface area contributed by atoms with Crippen LogP contribution in [-0.2, 0) is 0 Å². The fraction of sp³-hybridized carbons (Fsp3) is 0.391. The molecule has 2 saturated heterocycles. The van der Waals surface area contributed by atoms with Gasteiger partial charge in [-0.05, 0) is 56.5 Å². The zero-order valence-corrected chi connectivity index (χ0v) is 19.9. The first-order valence-corrected chi connectivity index (χ1v) is 12.1. The first kappa shape index (κ1) is 22.3. The fourth-order valence-electron chi connectivity index (χ4n) is 4.33. The molecule has 3 amide bonds. The summed E-state index contributed by atoms with van der Waals surface area (Å²) in [6.45, 7) is 5.90. The first-order valence-electron chi connectivity index (χ1n) is 10.3. The second kappa shape index (κ2) is 8.93. The van der Waals surface area contributed by atoms with Gasteiger partial charge in [0.2, 0.25) is 0 Å². The number of benzene rings is 2. The van der Waals surface area contributed by atoms with E-state index >= 15 is 0 Å². The van der Waals surface area contributed by atoms with E-state index in [2.05, 4.69) is 11.4 Å². The predicted octanol–water partition coefficient (Wildman–Crippen LogP) is 5.82. The Morgan fingerprint density at radius 1 is 1.03 bits per heavy atom. The highest BCUT2D eigenvalue weighted by Gasteiger charge is 2.47. The maximum absolute atomic E-state index is 13.3. The summed E-state index contributed by atoms with van der Waals surface area (Å²) in [6.07, 6.45) is 1.46. The van der Waals surface area contributed by atoms with Gasteiger partial charge in [-0.2, -0.15) is 0 Å². The number of piperidine rings is 1. The van der Waals surface area contributed by atoms with E-state index in [0.29, 0.717) is 35.2 Å². The van der Waals surface area contributed by atoms with E-state index < -0.39 is 0 Å². The number of carbonyl (C=O) groups is 2. The second-order valence-corrected chi connectivity index (χ2v) is 10.4. The Labute approximate surface area is 197 Å². The molecule has 2 aromatic rings.